The minimum atomic E-state index is -0.585. The molecule has 0 aromatic heterocycles. The highest BCUT2D eigenvalue weighted by Crippen LogP contribution is 2.39. The lowest BCUT2D eigenvalue weighted by Crippen LogP contribution is -2.47. The monoisotopic (exact) mass is 342 g/mol. The number of amides is 1. The number of nitrogens with zero attached hydrogens (tertiary/aromatic N) is 1. The first-order chi connectivity index (χ1) is 12.0. The van der Waals surface area contributed by atoms with Gasteiger partial charge in [0.25, 0.3) is 0 Å². The standard InChI is InChI=1S/C20H20F2N2O/c1-24-8-7-20(19(24)25)6-5-18(23-20)14-4-2-3-13(9-14)15-10-16(21)12-17(22)11-15/h2-4,9-12,18,23H,5-8H2,1H3/t18-,20+/m1/s1. The molecule has 130 valence electrons. The molecule has 2 heterocycles. The average Bonchev–Trinajstić information content (AvgIpc) is 3.14. The Bertz CT molecular complexity index is 818. The van der Waals surface area contributed by atoms with E-state index in [0.29, 0.717) is 5.56 Å². The van der Waals surface area contributed by atoms with Crippen molar-refractivity contribution in [3.63, 3.8) is 0 Å². The number of likely N-dealkylation sites (N-methyl/N-ethyl adjacent to an activating group) is 1. The number of halogens is 2. The van der Waals surface area contributed by atoms with E-state index in [9.17, 15) is 13.6 Å². The van der Waals surface area contributed by atoms with E-state index in [0.717, 1.165) is 43.0 Å². The van der Waals surface area contributed by atoms with Crippen LogP contribution in [0.2, 0.25) is 0 Å². The molecule has 1 amide bonds. The van der Waals surface area contributed by atoms with Gasteiger partial charge in [0.2, 0.25) is 5.91 Å². The fraction of sp³-hybridized carbons (Fsp3) is 0.350. The molecule has 2 saturated heterocycles. The van der Waals surface area contributed by atoms with Crippen molar-refractivity contribution < 1.29 is 13.6 Å². The maximum atomic E-state index is 13.5. The van der Waals surface area contributed by atoms with Crippen LogP contribution in [0.25, 0.3) is 11.1 Å². The van der Waals surface area contributed by atoms with Gasteiger partial charge in [0.05, 0.1) is 0 Å². The van der Waals surface area contributed by atoms with E-state index in [2.05, 4.69) is 5.32 Å². The Labute approximate surface area is 145 Å². The van der Waals surface area contributed by atoms with E-state index in [-0.39, 0.29) is 11.9 Å². The highest BCUT2D eigenvalue weighted by atomic mass is 19.1. The first-order valence-corrected chi connectivity index (χ1v) is 8.57. The molecule has 2 atom stereocenters. The third-order valence-electron chi connectivity index (χ3n) is 5.43. The van der Waals surface area contributed by atoms with Crippen molar-refractivity contribution >= 4 is 5.91 Å². The molecule has 2 fully saturated rings. The summed E-state index contributed by atoms with van der Waals surface area (Å²) >= 11 is 0. The van der Waals surface area contributed by atoms with Crippen LogP contribution >= 0.6 is 0 Å². The Kier molecular flexibility index (Phi) is 3.84. The molecule has 2 aromatic carbocycles. The predicted molar refractivity (Wildman–Crippen MR) is 91.9 cm³/mol. The predicted octanol–water partition coefficient (Wildman–Crippen LogP) is 3.66. The fourth-order valence-corrected chi connectivity index (χ4v) is 4.07. The second kappa shape index (κ2) is 5.92. The lowest BCUT2D eigenvalue weighted by molar-refractivity contribution is -0.131. The first kappa shape index (κ1) is 16.2. The molecule has 2 aliphatic rings. The van der Waals surface area contributed by atoms with E-state index >= 15 is 0 Å². The summed E-state index contributed by atoms with van der Waals surface area (Å²) in [4.78, 5) is 14.2. The maximum absolute atomic E-state index is 13.5. The molecule has 5 heteroatoms. The third kappa shape index (κ3) is 2.82. The lowest BCUT2D eigenvalue weighted by Gasteiger charge is -2.23. The number of nitrogens with one attached hydrogen (secondary N) is 1. The van der Waals surface area contributed by atoms with Gasteiger partial charge in [-0.1, -0.05) is 18.2 Å². The van der Waals surface area contributed by atoms with Gasteiger partial charge in [-0.15, -0.1) is 0 Å². The van der Waals surface area contributed by atoms with Crippen LogP contribution in [0, 0.1) is 11.6 Å². The highest BCUT2D eigenvalue weighted by Gasteiger charge is 2.49. The average molecular weight is 342 g/mol. The van der Waals surface area contributed by atoms with Crippen LogP contribution in [0.4, 0.5) is 8.78 Å². The number of benzene rings is 2. The second-order valence-corrected chi connectivity index (χ2v) is 7.08. The summed E-state index contributed by atoms with van der Waals surface area (Å²) < 4.78 is 27.0. The Morgan fingerprint density at radius 1 is 1.08 bits per heavy atom. The van der Waals surface area contributed by atoms with Crippen LogP contribution in [0.15, 0.2) is 42.5 Å². The van der Waals surface area contributed by atoms with Crippen molar-refractivity contribution in [3.8, 4) is 11.1 Å². The number of hydrogen-bond acceptors (Lipinski definition) is 2. The molecule has 0 radical (unpaired) electrons. The van der Waals surface area contributed by atoms with Crippen molar-refractivity contribution in [3.05, 3.63) is 59.7 Å². The van der Waals surface area contributed by atoms with E-state index < -0.39 is 17.2 Å². The van der Waals surface area contributed by atoms with Gasteiger partial charge in [0.1, 0.15) is 17.2 Å². The summed E-state index contributed by atoms with van der Waals surface area (Å²) in [6.45, 7) is 0.779. The van der Waals surface area contributed by atoms with Gasteiger partial charge >= 0.3 is 0 Å². The molecule has 2 aromatic rings. The van der Waals surface area contributed by atoms with Crippen molar-refractivity contribution in [2.75, 3.05) is 13.6 Å². The summed E-state index contributed by atoms with van der Waals surface area (Å²) in [7, 11) is 1.84. The Morgan fingerprint density at radius 2 is 1.84 bits per heavy atom. The van der Waals surface area contributed by atoms with Gasteiger partial charge in [-0.2, -0.15) is 0 Å². The van der Waals surface area contributed by atoms with Gasteiger partial charge in [0.15, 0.2) is 0 Å². The van der Waals surface area contributed by atoms with Gasteiger partial charge in [-0.25, -0.2) is 8.78 Å². The van der Waals surface area contributed by atoms with Gasteiger partial charge in [0, 0.05) is 25.7 Å². The fourth-order valence-electron chi connectivity index (χ4n) is 4.07. The zero-order chi connectivity index (χ0) is 17.6. The molecule has 0 aliphatic carbocycles. The zero-order valence-electron chi connectivity index (χ0n) is 14.1. The summed E-state index contributed by atoms with van der Waals surface area (Å²) in [6.07, 6.45) is 2.52. The van der Waals surface area contributed by atoms with Gasteiger partial charge in [-0.3, -0.25) is 10.1 Å². The Morgan fingerprint density at radius 3 is 2.52 bits per heavy atom. The minimum absolute atomic E-state index is 0.0776. The van der Waals surface area contributed by atoms with E-state index in [1.807, 2.05) is 31.3 Å². The smallest absolute Gasteiger partial charge is 0.242 e. The first-order valence-electron chi connectivity index (χ1n) is 8.57. The molecule has 25 heavy (non-hydrogen) atoms. The number of likely N-dealkylation sites (tertiary alicyclic amines) is 1. The van der Waals surface area contributed by atoms with Crippen LogP contribution in [0.1, 0.15) is 30.9 Å². The second-order valence-electron chi connectivity index (χ2n) is 7.08. The Balaban J connectivity index is 1.61. The number of hydrogen-bond donors (Lipinski definition) is 1. The summed E-state index contributed by atoms with van der Waals surface area (Å²) in [5, 5.41) is 3.52. The summed E-state index contributed by atoms with van der Waals surface area (Å²) in [6, 6.07) is 11.3. The molecular weight excluding hydrogens is 322 g/mol. The van der Waals surface area contributed by atoms with Crippen molar-refractivity contribution in [2.24, 2.45) is 0 Å². The summed E-state index contributed by atoms with van der Waals surface area (Å²) in [5.41, 5.74) is 1.89. The van der Waals surface area contributed by atoms with Gasteiger partial charge in [-0.05, 0) is 54.2 Å². The van der Waals surface area contributed by atoms with Crippen molar-refractivity contribution in [2.45, 2.75) is 30.8 Å². The van der Waals surface area contributed by atoms with Crippen LogP contribution < -0.4 is 5.32 Å². The van der Waals surface area contributed by atoms with E-state index in [1.54, 1.807) is 4.90 Å². The van der Waals surface area contributed by atoms with Gasteiger partial charge < -0.3 is 4.90 Å². The lowest BCUT2D eigenvalue weighted by atomic mass is 9.95. The number of carbonyl (C=O) groups excluding carboxylic acids is 1. The maximum Gasteiger partial charge on any atom is 0.242 e. The van der Waals surface area contributed by atoms with Crippen LogP contribution in [-0.4, -0.2) is 29.9 Å². The van der Waals surface area contributed by atoms with E-state index in [4.69, 9.17) is 0 Å². The van der Waals surface area contributed by atoms with Crippen LogP contribution in [0.3, 0.4) is 0 Å². The topological polar surface area (TPSA) is 32.3 Å². The minimum Gasteiger partial charge on any atom is -0.344 e. The Hall–Kier alpha value is -2.27. The molecule has 1 N–H and O–H groups in total. The molecule has 3 nitrogen and oxygen atoms in total. The van der Waals surface area contributed by atoms with Crippen molar-refractivity contribution in [1.82, 2.24) is 10.2 Å². The third-order valence-corrected chi connectivity index (χ3v) is 5.43. The summed E-state index contributed by atoms with van der Waals surface area (Å²) in [5.74, 6) is -1.01. The molecule has 2 aliphatic heterocycles. The quantitative estimate of drug-likeness (QED) is 0.903. The molecule has 0 saturated carbocycles. The zero-order valence-corrected chi connectivity index (χ0v) is 14.1. The number of rotatable bonds is 2. The highest BCUT2D eigenvalue weighted by molar-refractivity contribution is 5.88. The van der Waals surface area contributed by atoms with Crippen molar-refractivity contribution in [1.29, 1.82) is 0 Å². The molecule has 4 rings (SSSR count). The van der Waals surface area contributed by atoms with Crippen LogP contribution in [-0.2, 0) is 4.79 Å². The normalized spacial score (nSPS) is 26.0. The molecule has 1 spiro atoms. The number of carbonyl (C=O) groups is 1. The molecule has 0 unspecified atom stereocenters. The van der Waals surface area contributed by atoms with E-state index in [1.165, 1.54) is 12.1 Å². The molecule has 0 bridgehead atoms. The SMILES string of the molecule is CN1CC[C@@]2(CC[C@H](c3cccc(-c4cc(F)cc(F)c4)c3)N2)C1=O. The molecular formula is C20H20F2N2O. The van der Waals surface area contributed by atoms with Crippen LogP contribution in [0.5, 0.6) is 0 Å². The largest absolute Gasteiger partial charge is 0.344 e.